The number of alkyl halides is 3. The second-order valence-corrected chi connectivity index (χ2v) is 5.17. The summed E-state index contributed by atoms with van der Waals surface area (Å²) in [4.78, 5) is 0. The fourth-order valence-electron chi connectivity index (χ4n) is 2.42. The fraction of sp³-hybridized carbons (Fsp3) is 0.571. The summed E-state index contributed by atoms with van der Waals surface area (Å²) in [6.45, 7) is 6.50. The molecule has 1 aromatic rings. The van der Waals surface area contributed by atoms with E-state index in [1.54, 1.807) is 13.0 Å². The van der Waals surface area contributed by atoms with E-state index in [1.165, 1.54) is 12.1 Å². The maximum Gasteiger partial charge on any atom is 0.416 e. The largest absolute Gasteiger partial charge is 0.416 e. The van der Waals surface area contributed by atoms with Gasteiger partial charge in [-0.15, -0.1) is 0 Å². The van der Waals surface area contributed by atoms with Crippen LogP contribution in [0.5, 0.6) is 0 Å². The first-order valence-electron chi connectivity index (χ1n) is 6.13. The number of ether oxygens (including phenoxy) is 1. The molecule has 0 fully saturated rings. The Morgan fingerprint density at radius 1 is 1.22 bits per heavy atom. The molecule has 0 unspecified atom stereocenters. The maximum atomic E-state index is 12.7. The molecule has 0 aromatic heterocycles. The Kier molecular flexibility index (Phi) is 3.41. The summed E-state index contributed by atoms with van der Waals surface area (Å²) < 4.78 is 43.7. The van der Waals surface area contributed by atoms with Crippen molar-refractivity contribution in [1.29, 1.82) is 0 Å². The van der Waals surface area contributed by atoms with Gasteiger partial charge in [-0.1, -0.05) is 19.9 Å². The van der Waals surface area contributed by atoms with Gasteiger partial charge in [-0.3, -0.25) is 0 Å². The van der Waals surface area contributed by atoms with Crippen molar-refractivity contribution in [2.45, 2.75) is 39.0 Å². The van der Waals surface area contributed by atoms with Crippen LogP contribution in [0.3, 0.4) is 0 Å². The smallest absolute Gasteiger partial charge is 0.373 e. The summed E-state index contributed by atoms with van der Waals surface area (Å²) >= 11 is 0. The van der Waals surface area contributed by atoms with Gasteiger partial charge < -0.3 is 4.74 Å². The van der Waals surface area contributed by atoms with Crippen LogP contribution in [0.15, 0.2) is 18.2 Å². The molecule has 2 rings (SSSR count). The molecule has 0 saturated heterocycles. The quantitative estimate of drug-likeness (QED) is 0.718. The van der Waals surface area contributed by atoms with Gasteiger partial charge in [0.15, 0.2) is 0 Å². The summed E-state index contributed by atoms with van der Waals surface area (Å²) in [5, 5.41) is 0. The first-order valence-corrected chi connectivity index (χ1v) is 6.13. The van der Waals surface area contributed by atoms with Gasteiger partial charge in [0.2, 0.25) is 0 Å². The average molecular weight is 258 g/mol. The number of rotatable bonds is 1. The van der Waals surface area contributed by atoms with Gasteiger partial charge in [0.25, 0.3) is 0 Å². The van der Waals surface area contributed by atoms with Crippen LogP contribution in [0.1, 0.15) is 49.5 Å². The SMILES string of the molecule is CC(C)[C@@H]1CO[C@@H](C)c2cc(C(F)(F)F)ccc21. The second-order valence-electron chi connectivity index (χ2n) is 5.17. The molecular formula is C14H17F3O. The third kappa shape index (κ3) is 2.39. The molecular weight excluding hydrogens is 241 g/mol. The molecule has 100 valence electrons. The number of halogens is 3. The van der Waals surface area contributed by atoms with Gasteiger partial charge in [0, 0.05) is 5.92 Å². The third-order valence-corrected chi connectivity index (χ3v) is 3.58. The molecule has 0 bridgehead atoms. The van der Waals surface area contributed by atoms with Crippen LogP contribution >= 0.6 is 0 Å². The van der Waals surface area contributed by atoms with Gasteiger partial charge >= 0.3 is 6.18 Å². The van der Waals surface area contributed by atoms with Gasteiger partial charge in [0.05, 0.1) is 18.3 Å². The third-order valence-electron chi connectivity index (χ3n) is 3.58. The van der Waals surface area contributed by atoms with E-state index in [4.69, 9.17) is 4.74 Å². The van der Waals surface area contributed by atoms with Crippen LogP contribution in [0.2, 0.25) is 0 Å². The van der Waals surface area contributed by atoms with Crippen molar-refractivity contribution >= 4 is 0 Å². The Hall–Kier alpha value is -1.03. The molecule has 1 aromatic carbocycles. The molecule has 0 N–H and O–H groups in total. The minimum atomic E-state index is -4.29. The monoisotopic (exact) mass is 258 g/mol. The first-order chi connectivity index (χ1) is 8.30. The minimum Gasteiger partial charge on any atom is -0.373 e. The topological polar surface area (TPSA) is 9.23 Å². The Morgan fingerprint density at radius 3 is 2.44 bits per heavy atom. The summed E-state index contributed by atoms with van der Waals surface area (Å²) in [6, 6.07) is 4.02. The van der Waals surface area contributed by atoms with Crippen LogP contribution in [0, 0.1) is 5.92 Å². The molecule has 1 nitrogen and oxygen atoms in total. The predicted molar refractivity (Wildman–Crippen MR) is 63.4 cm³/mol. The predicted octanol–water partition coefficient (Wildman–Crippen LogP) is 4.54. The highest BCUT2D eigenvalue weighted by atomic mass is 19.4. The van der Waals surface area contributed by atoms with Gasteiger partial charge in [-0.2, -0.15) is 13.2 Å². The molecule has 0 amide bonds. The maximum absolute atomic E-state index is 12.7. The average Bonchev–Trinajstić information content (AvgIpc) is 2.27. The molecule has 1 aliphatic rings. The van der Waals surface area contributed by atoms with Crippen molar-refractivity contribution in [2.24, 2.45) is 5.92 Å². The lowest BCUT2D eigenvalue weighted by molar-refractivity contribution is -0.137. The van der Waals surface area contributed by atoms with Crippen LogP contribution < -0.4 is 0 Å². The van der Waals surface area contributed by atoms with Gasteiger partial charge in [-0.25, -0.2) is 0 Å². The standard InChI is InChI=1S/C14H17F3O/c1-8(2)13-7-18-9(3)12-6-10(14(15,16)17)4-5-11(12)13/h4-6,8-9,13H,7H2,1-3H3/t9-,13-/m0/s1. The molecule has 0 radical (unpaired) electrons. The molecule has 0 saturated carbocycles. The van der Waals surface area contributed by atoms with E-state index in [9.17, 15) is 13.2 Å². The summed E-state index contributed by atoms with van der Waals surface area (Å²) in [5.41, 5.74) is 1.08. The van der Waals surface area contributed by atoms with E-state index < -0.39 is 11.7 Å². The van der Waals surface area contributed by atoms with E-state index in [1.807, 2.05) is 0 Å². The molecule has 2 atom stereocenters. The Balaban J connectivity index is 2.47. The summed E-state index contributed by atoms with van der Waals surface area (Å²) in [6.07, 6.45) is -4.56. The van der Waals surface area contributed by atoms with Crippen molar-refractivity contribution in [1.82, 2.24) is 0 Å². The highest BCUT2D eigenvalue weighted by molar-refractivity contribution is 5.38. The number of fused-ring (bicyclic) bond motifs is 1. The van der Waals surface area contributed by atoms with E-state index >= 15 is 0 Å². The van der Waals surface area contributed by atoms with Crippen molar-refractivity contribution in [3.63, 3.8) is 0 Å². The zero-order chi connectivity index (χ0) is 13.5. The highest BCUT2D eigenvalue weighted by Gasteiger charge is 2.34. The molecule has 4 heteroatoms. The summed E-state index contributed by atoms with van der Waals surface area (Å²) in [5.74, 6) is 0.534. The van der Waals surface area contributed by atoms with Gasteiger partial charge in [-0.05, 0) is 36.1 Å². The molecule has 0 spiro atoms. The lowest BCUT2D eigenvalue weighted by Gasteiger charge is -2.33. The van der Waals surface area contributed by atoms with Crippen molar-refractivity contribution in [3.05, 3.63) is 34.9 Å². The normalized spacial score (nSPS) is 24.2. The molecule has 1 heterocycles. The fourth-order valence-corrected chi connectivity index (χ4v) is 2.42. The number of benzene rings is 1. The number of hydrogen-bond donors (Lipinski definition) is 0. The van der Waals surface area contributed by atoms with Crippen molar-refractivity contribution < 1.29 is 17.9 Å². The van der Waals surface area contributed by atoms with E-state index in [-0.39, 0.29) is 12.0 Å². The lowest BCUT2D eigenvalue weighted by Crippen LogP contribution is -2.24. The van der Waals surface area contributed by atoms with E-state index in [0.29, 0.717) is 18.1 Å². The summed E-state index contributed by atoms with van der Waals surface area (Å²) in [7, 11) is 0. The van der Waals surface area contributed by atoms with Gasteiger partial charge in [0.1, 0.15) is 0 Å². The van der Waals surface area contributed by atoms with Crippen LogP contribution in [-0.2, 0) is 10.9 Å². The van der Waals surface area contributed by atoms with Crippen LogP contribution in [0.25, 0.3) is 0 Å². The second kappa shape index (κ2) is 4.57. The minimum absolute atomic E-state index is 0.179. The molecule has 18 heavy (non-hydrogen) atoms. The van der Waals surface area contributed by atoms with Crippen molar-refractivity contribution in [3.8, 4) is 0 Å². The Labute approximate surface area is 105 Å². The molecule has 1 aliphatic heterocycles. The van der Waals surface area contributed by atoms with E-state index in [2.05, 4.69) is 13.8 Å². The zero-order valence-corrected chi connectivity index (χ0v) is 10.7. The van der Waals surface area contributed by atoms with Crippen LogP contribution in [0.4, 0.5) is 13.2 Å². The highest BCUT2D eigenvalue weighted by Crippen LogP contribution is 2.40. The Bertz CT molecular complexity index is 437. The van der Waals surface area contributed by atoms with Crippen molar-refractivity contribution in [2.75, 3.05) is 6.61 Å². The van der Waals surface area contributed by atoms with Crippen LogP contribution in [-0.4, -0.2) is 6.61 Å². The number of hydrogen-bond acceptors (Lipinski definition) is 1. The zero-order valence-electron chi connectivity index (χ0n) is 10.7. The molecule has 0 aliphatic carbocycles. The van der Waals surface area contributed by atoms with E-state index in [0.717, 1.165) is 5.56 Å². The first kappa shape index (κ1) is 13.4. The lowest BCUT2D eigenvalue weighted by atomic mass is 9.82. The Morgan fingerprint density at radius 2 is 1.89 bits per heavy atom.